The predicted molar refractivity (Wildman–Crippen MR) is 80.8 cm³/mol. The van der Waals surface area contributed by atoms with Crippen molar-refractivity contribution < 1.29 is 14.7 Å². The number of benzene rings is 1. The predicted octanol–water partition coefficient (Wildman–Crippen LogP) is 3.03. The molecule has 1 atom stereocenters. The number of thiazole rings is 1. The highest BCUT2D eigenvalue weighted by Gasteiger charge is 2.16. The highest BCUT2D eigenvalue weighted by Crippen LogP contribution is 2.21. The smallest absolute Gasteiger partial charge is 0.337 e. The van der Waals surface area contributed by atoms with Crippen LogP contribution in [0.25, 0.3) is 0 Å². The second-order valence-electron chi connectivity index (χ2n) is 4.49. The van der Waals surface area contributed by atoms with E-state index in [9.17, 15) is 9.59 Å². The number of para-hydroxylation sites is 1. The first-order chi connectivity index (χ1) is 9.99. The van der Waals surface area contributed by atoms with Crippen LogP contribution in [0.2, 0.25) is 0 Å². The quantitative estimate of drug-likeness (QED) is 0.809. The number of amides is 2. The van der Waals surface area contributed by atoms with Gasteiger partial charge in [0.1, 0.15) is 5.01 Å². The maximum atomic E-state index is 12.0. The summed E-state index contributed by atoms with van der Waals surface area (Å²) >= 11 is 1.44. The summed E-state index contributed by atoms with van der Waals surface area (Å²) in [6.45, 7) is 3.56. The standard InChI is InChI=1S/C14H15N3O3S/c1-8-4-3-5-10(13(18)19)11(8)17-14(20)16-9(2)12-15-6-7-21-12/h3-7,9H,1-2H3,(H,18,19)(H2,16,17,20). The van der Waals surface area contributed by atoms with Gasteiger partial charge in [0.2, 0.25) is 0 Å². The zero-order valence-electron chi connectivity index (χ0n) is 11.6. The normalized spacial score (nSPS) is 11.7. The summed E-state index contributed by atoms with van der Waals surface area (Å²) in [6.07, 6.45) is 1.67. The largest absolute Gasteiger partial charge is 0.478 e. The molecule has 0 radical (unpaired) electrons. The monoisotopic (exact) mass is 305 g/mol. The summed E-state index contributed by atoms with van der Waals surface area (Å²) in [5.41, 5.74) is 1.05. The van der Waals surface area contributed by atoms with Gasteiger partial charge in [-0.25, -0.2) is 14.6 Å². The molecule has 2 amide bonds. The van der Waals surface area contributed by atoms with E-state index in [0.717, 1.165) is 5.01 Å². The molecule has 1 heterocycles. The number of nitrogens with zero attached hydrogens (tertiary/aromatic N) is 1. The number of urea groups is 1. The Hall–Kier alpha value is -2.41. The summed E-state index contributed by atoms with van der Waals surface area (Å²) in [5, 5.41) is 17.1. The minimum atomic E-state index is -1.08. The average Bonchev–Trinajstić information content (AvgIpc) is 2.94. The zero-order chi connectivity index (χ0) is 15.4. The summed E-state index contributed by atoms with van der Waals surface area (Å²) in [5.74, 6) is -1.08. The lowest BCUT2D eigenvalue weighted by Gasteiger charge is -2.15. The average molecular weight is 305 g/mol. The number of carboxylic acid groups (broad SMARTS) is 1. The van der Waals surface area contributed by atoms with Gasteiger partial charge in [0.05, 0.1) is 17.3 Å². The number of rotatable bonds is 4. The summed E-state index contributed by atoms with van der Waals surface area (Å²) in [6, 6.07) is 4.12. The maximum Gasteiger partial charge on any atom is 0.337 e. The molecule has 1 unspecified atom stereocenters. The molecule has 0 saturated heterocycles. The number of aromatic carboxylic acids is 1. The molecular weight excluding hydrogens is 290 g/mol. The summed E-state index contributed by atoms with van der Waals surface area (Å²) < 4.78 is 0. The number of carbonyl (C=O) groups excluding carboxylic acids is 1. The Morgan fingerprint density at radius 3 is 2.76 bits per heavy atom. The van der Waals surface area contributed by atoms with Crippen molar-refractivity contribution in [3.63, 3.8) is 0 Å². The van der Waals surface area contributed by atoms with Crippen LogP contribution in [0.1, 0.15) is 33.9 Å². The van der Waals surface area contributed by atoms with Crippen molar-refractivity contribution in [1.82, 2.24) is 10.3 Å². The Kier molecular flexibility index (Phi) is 4.54. The Morgan fingerprint density at radius 2 is 2.14 bits per heavy atom. The van der Waals surface area contributed by atoms with E-state index in [1.165, 1.54) is 17.4 Å². The van der Waals surface area contributed by atoms with Crippen LogP contribution in [-0.2, 0) is 0 Å². The third kappa shape index (κ3) is 3.57. The minimum Gasteiger partial charge on any atom is -0.478 e. The SMILES string of the molecule is Cc1cccc(C(=O)O)c1NC(=O)NC(C)c1nccs1. The van der Waals surface area contributed by atoms with E-state index in [2.05, 4.69) is 15.6 Å². The number of nitrogens with one attached hydrogen (secondary N) is 2. The van der Waals surface area contributed by atoms with Crippen LogP contribution >= 0.6 is 11.3 Å². The molecule has 0 spiro atoms. The fraction of sp³-hybridized carbons (Fsp3) is 0.214. The number of carboxylic acids is 1. The molecule has 0 aliphatic carbocycles. The molecule has 6 nitrogen and oxygen atoms in total. The van der Waals surface area contributed by atoms with E-state index in [4.69, 9.17) is 5.11 Å². The molecule has 1 aromatic heterocycles. The highest BCUT2D eigenvalue weighted by atomic mass is 32.1. The fourth-order valence-corrected chi connectivity index (χ4v) is 2.51. The minimum absolute atomic E-state index is 0.0621. The zero-order valence-corrected chi connectivity index (χ0v) is 12.4. The Labute approximate surface area is 125 Å². The number of carbonyl (C=O) groups is 2. The second kappa shape index (κ2) is 6.36. The lowest BCUT2D eigenvalue weighted by atomic mass is 10.1. The van der Waals surface area contributed by atoms with Gasteiger partial charge in [0, 0.05) is 11.6 Å². The van der Waals surface area contributed by atoms with Crippen LogP contribution in [0.5, 0.6) is 0 Å². The van der Waals surface area contributed by atoms with Gasteiger partial charge in [0.25, 0.3) is 0 Å². The van der Waals surface area contributed by atoms with Crippen LogP contribution in [0.4, 0.5) is 10.5 Å². The van der Waals surface area contributed by atoms with Gasteiger partial charge in [-0.15, -0.1) is 11.3 Å². The van der Waals surface area contributed by atoms with Crippen LogP contribution in [0.15, 0.2) is 29.8 Å². The van der Waals surface area contributed by atoms with Crippen molar-refractivity contribution in [1.29, 1.82) is 0 Å². The first-order valence-electron chi connectivity index (χ1n) is 6.29. The number of anilines is 1. The first-order valence-corrected chi connectivity index (χ1v) is 7.17. The van der Waals surface area contributed by atoms with E-state index < -0.39 is 12.0 Å². The fourth-order valence-electron chi connectivity index (χ4n) is 1.87. The number of aromatic nitrogens is 1. The van der Waals surface area contributed by atoms with Crippen LogP contribution in [-0.4, -0.2) is 22.1 Å². The number of hydrogen-bond acceptors (Lipinski definition) is 4. The van der Waals surface area contributed by atoms with Gasteiger partial charge >= 0.3 is 12.0 Å². The Bertz CT molecular complexity index is 655. The van der Waals surface area contributed by atoms with Gasteiger partial charge < -0.3 is 15.7 Å². The second-order valence-corrected chi connectivity index (χ2v) is 5.42. The first kappa shape index (κ1) is 15.0. The Balaban J connectivity index is 2.11. The van der Waals surface area contributed by atoms with E-state index in [1.54, 1.807) is 25.3 Å². The van der Waals surface area contributed by atoms with Crippen molar-refractivity contribution in [3.05, 3.63) is 45.9 Å². The molecule has 2 aromatic rings. The molecule has 1 aromatic carbocycles. The van der Waals surface area contributed by atoms with Gasteiger partial charge in [0.15, 0.2) is 0 Å². The topological polar surface area (TPSA) is 91.3 Å². The summed E-state index contributed by atoms with van der Waals surface area (Å²) in [4.78, 5) is 27.3. The van der Waals surface area contributed by atoms with Crippen molar-refractivity contribution >= 4 is 29.0 Å². The van der Waals surface area contributed by atoms with Crippen LogP contribution in [0.3, 0.4) is 0 Å². The molecule has 0 fully saturated rings. The lowest BCUT2D eigenvalue weighted by molar-refractivity contribution is 0.0698. The molecule has 2 rings (SSSR count). The van der Waals surface area contributed by atoms with E-state index in [-0.39, 0.29) is 11.6 Å². The highest BCUT2D eigenvalue weighted by molar-refractivity contribution is 7.09. The van der Waals surface area contributed by atoms with Crippen LogP contribution in [0, 0.1) is 6.92 Å². The molecule has 0 bridgehead atoms. The third-order valence-corrected chi connectivity index (χ3v) is 3.87. The van der Waals surface area contributed by atoms with Gasteiger partial charge in [-0.1, -0.05) is 12.1 Å². The molecule has 7 heteroatoms. The Morgan fingerprint density at radius 1 is 1.38 bits per heavy atom. The van der Waals surface area contributed by atoms with Crippen molar-refractivity contribution in [3.8, 4) is 0 Å². The summed E-state index contributed by atoms with van der Waals surface area (Å²) in [7, 11) is 0. The molecule has 0 saturated carbocycles. The van der Waals surface area contributed by atoms with Gasteiger partial charge in [-0.2, -0.15) is 0 Å². The molecule has 0 aliphatic heterocycles. The molecule has 110 valence electrons. The van der Waals surface area contributed by atoms with E-state index in [0.29, 0.717) is 11.3 Å². The molecular formula is C14H15N3O3S. The molecule has 21 heavy (non-hydrogen) atoms. The van der Waals surface area contributed by atoms with Crippen molar-refractivity contribution in [2.45, 2.75) is 19.9 Å². The molecule has 0 aliphatic rings. The number of hydrogen-bond donors (Lipinski definition) is 3. The van der Waals surface area contributed by atoms with Crippen LogP contribution < -0.4 is 10.6 Å². The van der Waals surface area contributed by atoms with Crippen molar-refractivity contribution in [2.24, 2.45) is 0 Å². The lowest BCUT2D eigenvalue weighted by Crippen LogP contribution is -2.32. The van der Waals surface area contributed by atoms with E-state index in [1.807, 2.05) is 12.3 Å². The molecule has 3 N–H and O–H groups in total. The van der Waals surface area contributed by atoms with Crippen molar-refractivity contribution in [2.75, 3.05) is 5.32 Å². The number of aryl methyl sites for hydroxylation is 1. The maximum absolute atomic E-state index is 12.0. The van der Waals surface area contributed by atoms with Gasteiger partial charge in [-0.3, -0.25) is 0 Å². The van der Waals surface area contributed by atoms with Gasteiger partial charge in [-0.05, 0) is 25.5 Å². The third-order valence-electron chi connectivity index (χ3n) is 2.91. The van der Waals surface area contributed by atoms with E-state index >= 15 is 0 Å².